The first kappa shape index (κ1) is 13.3. The summed E-state index contributed by atoms with van der Waals surface area (Å²) in [5.74, 6) is 0.923. The molecule has 0 fully saturated rings. The van der Waals surface area contributed by atoms with Gasteiger partial charge >= 0.3 is 0 Å². The molecule has 17 heavy (non-hydrogen) atoms. The van der Waals surface area contributed by atoms with Crippen molar-refractivity contribution >= 4 is 0 Å². The molecule has 0 aliphatic carbocycles. The molecule has 0 bridgehead atoms. The van der Waals surface area contributed by atoms with E-state index in [9.17, 15) is 0 Å². The van der Waals surface area contributed by atoms with Crippen LogP contribution in [-0.4, -0.2) is 7.11 Å². The summed E-state index contributed by atoms with van der Waals surface area (Å²) >= 11 is 0. The molecule has 90 valence electrons. The molecule has 0 heterocycles. The monoisotopic (exact) mass is 228 g/mol. The molecule has 0 atom stereocenters. The number of benzene rings is 2. The average molecular weight is 228 g/mol. The zero-order chi connectivity index (χ0) is 12.7. The summed E-state index contributed by atoms with van der Waals surface area (Å²) in [7, 11) is 1.71. The van der Waals surface area contributed by atoms with E-state index in [0.717, 1.165) is 11.3 Å². The fraction of sp³-hybridized carbons (Fsp3) is 0.250. The Balaban J connectivity index is 0.000000686. The molecule has 1 nitrogen and oxygen atoms in total. The maximum atomic E-state index is 5.35. The molecule has 0 saturated heterocycles. The van der Waals surface area contributed by atoms with Crippen molar-refractivity contribution in [2.75, 3.05) is 7.11 Å². The molecule has 0 amide bonds. The fourth-order valence-electron chi connectivity index (χ4n) is 1.74. The molecule has 0 saturated carbocycles. The number of para-hydroxylation sites is 1. The fourth-order valence-corrected chi connectivity index (χ4v) is 1.74. The maximum absolute atomic E-state index is 5.35. The van der Waals surface area contributed by atoms with E-state index in [-0.39, 0.29) is 0 Å². The van der Waals surface area contributed by atoms with Gasteiger partial charge in [-0.1, -0.05) is 56.3 Å². The first-order valence-electron chi connectivity index (χ1n) is 6.02. The van der Waals surface area contributed by atoms with E-state index in [1.165, 1.54) is 11.1 Å². The Morgan fingerprint density at radius 2 is 1.29 bits per heavy atom. The molecule has 0 spiro atoms. The highest BCUT2D eigenvalue weighted by molar-refractivity contribution is 5.73. The predicted octanol–water partition coefficient (Wildman–Crippen LogP) is 4.70. The van der Waals surface area contributed by atoms with Gasteiger partial charge in [-0.25, -0.2) is 0 Å². The minimum atomic E-state index is 0.923. The second kappa shape index (κ2) is 6.74. The first-order valence-corrected chi connectivity index (χ1v) is 6.02. The van der Waals surface area contributed by atoms with Crippen molar-refractivity contribution in [2.24, 2.45) is 0 Å². The normalized spacial score (nSPS) is 9.18. The average Bonchev–Trinajstić information content (AvgIpc) is 2.41. The second-order valence-corrected chi connectivity index (χ2v) is 3.52. The van der Waals surface area contributed by atoms with E-state index in [2.05, 4.69) is 31.2 Å². The number of rotatable bonds is 2. The van der Waals surface area contributed by atoms with Crippen molar-refractivity contribution in [3.8, 4) is 16.9 Å². The Bertz CT molecular complexity index is 461. The van der Waals surface area contributed by atoms with Crippen molar-refractivity contribution < 1.29 is 4.74 Å². The molecule has 0 N–H and O–H groups in total. The summed E-state index contributed by atoms with van der Waals surface area (Å²) in [5, 5.41) is 0. The van der Waals surface area contributed by atoms with Crippen LogP contribution < -0.4 is 4.74 Å². The van der Waals surface area contributed by atoms with Gasteiger partial charge in [-0.15, -0.1) is 0 Å². The van der Waals surface area contributed by atoms with Gasteiger partial charge in [-0.3, -0.25) is 0 Å². The van der Waals surface area contributed by atoms with Crippen LogP contribution in [0.5, 0.6) is 5.75 Å². The van der Waals surface area contributed by atoms with Crippen molar-refractivity contribution in [1.82, 2.24) is 0 Å². The summed E-state index contributed by atoms with van der Waals surface area (Å²) < 4.78 is 5.35. The van der Waals surface area contributed by atoms with Crippen LogP contribution in [0.2, 0.25) is 0 Å². The molecular formula is C16H20O. The van der Waals surface area contributed by atoms with E-state index < -0.39 is 0 Å². The number of ether oxygens (including phenoxy) is 1. The third kappa shape index (κ3) is 3.10. The quantitative estimate of drug-likeness (QED) is 0.724. The number of methoxy groups -OCH3 is 1. The Morgan fingerprint density at radius 1 is 0.765 bits per heavy atom. The lowest BCUT2D eigenvalue weighted by Crippen LogP contribution is -1.88. The lowest BCUT2D eigenvalue weighted by Gasteiger charge is -2.10. The second-order valence-electron chi connectivity index (χ2n) is 3.52. The summed E-state index contributed by atoms with van der Waals surface area (Å²) in [6.45, 7) is 6.11. The zero-order valence-corrected chi connectivity index (χ0v) is 11.0. The van der Waals surface area contributed by atoms with E-state index in [4.69, 9.17) is 4.74 Å². The smallest absolute Gasteiger partial charge is 0.126 e. The van der Waals surface area contributed by atoms with Crippen molar-refractivity contribution in [1.29, 1.82) is 0 Å². The Morgan fingerprint density at radius 3 is 1.88 bits per heavy atom. The van der Waals surface area contributed by atoms with Crippen LogP contribution in [-0.2, 0) is 0 Å². The maximum Gasteiger partial charge on any atom is 0.126 e. The third-order valence-electron chi connectivity index (χ3n) is 2.54. The lowest BCUT2D eigenvalue weighted by molar-refractivity contribution is 0.416. The van der Waals surface area contributed by atoms with Crippen LogP contribution in [0.15, 0.2) is 48.5 Å². The molecule has 0 unspecified atom stereocenters. The Hall–Kier alpha value is -1.76. The van der Waals surface area contributed by atoms with Gasteiger partial charge in [0.2, 0.25) is 0 Å². The molecule has 2 aromatic rings. The van der Waals surface area contributed by atoms with E-state index >= 15 is 0 Å². The summed E-state index contributed by atoms with van der Waals surface area (Å²) in [6.07, 6.45) is 0. The third-order valence-corrected chi connectivity index (χ3v) is 2.54. The van der Waals surface area contributed by atoms with Crippen LogP contribution in [0.4, 0.5) is 0 Å². The molecule has 0 radical (unpaired) electrons. The van der Waals surface area contributed by atoms with Crippen LogP contribution in [0.25, 0.3) is 11.1 Å². The molecular weight excluding hydrogens is 208 g/mol. The molecule has 0 aliphatic heterocycles. The SMILES string of the molecule is CC.COc1ccccc1-c1ccccc1C. The largest absolute Gasteiger partial charge is 0.496 e. The highest BCUT2D eigenvalue weighted by Gasteiger charge is 2.05. The molecule has 2 rings (SSSR count). The summed E-state index contributed by atoms with van der Waals surface area (Å²) in [4.78, 5) is 0. The minimum absolute atomic E-state index is 0.923. The van der Waals surface area contributed by atoms with Crippen molar-refractivity contribution in [2.45, 2.75) is 20.8 Å². The lowest BCUT2D eigenvalue weighted by atomic mass is 10.00. The highest BCUT2D eigenvalue weighted by atomic mass is 16.5. The van der Waals surface area contributed by atoms with E-state index in [1.807, 2.05) is 38.1 Å². The summed E-state index contributed by atoms with van der Waals surface area (Å²) in [6, 6.07) is 16.4. The molecule has 2 aromatic carbocycles. The molecule has 0 aliphatic rings. The van der Waals surface area contributed by atoms with Crippen LogP contribution in [0.3, 0.4) is 0 Å². The van der Waals surface area contributed by atoms with Gasteiger partial charge in [-0.2, -0.15) is 0 Å². The number of aryl methyl sites for hydroxylation is 1. The topological polar surface area (TPSA) is 9.23 Å². The standard InChI is InChI=1S/C14H14O.C2H6/c1-11-7-3-4-8-12(11)13-9-5-6-10-14(13)15-2;1-2/h3-10H,1-2H3;1-2H3. The van der Waals surface area contributed by atoms with Crippen LogP contribution >= 0.6 is 0 Å². The van der Waals surface area contributed by atoms with Gasteiger partial charge in [0.05, 0.1) is 7.11 Å². The predicted molar refractivity (Wildman–Crippen MR) is 74.5 cm³/mol. The molecule has 1 heteroatoms. The van der Waals surface area contributed by atoms with Gasteiger partial charge in [0, 0.05) is 5.56 Å². The van der Waals surface area contributed by atoms with Crippen LogP contribution in [0, 0.1) is 6.92 Å². The van der Waals surface area contributed by atoms with Gasteiger partial charge in [0.1, 0.15) is 5.75 Å². The van der Waals surface area contributed by atoms with E-state index in [1.54, 1.807) is 7.11 Å². The zero-order valence-electron chi connectivity index (χ0n) is 11.0. The Kier molecular flexibility index (Phi) is 5.28. The number of hydrogen-bond donors (Lipinski definition) is 0. The minimum Gasteiger partial charge on any atom is -0.496 e. The first-order chi connectivity index (χ1) is 8.33. The van der Waals surface area contributed by atoms with E-state index in [0.29, 0.717) is 0 Å². The van der Waals surface area contributed by atoms with Crippen molar-refractivity contribution in [3.05, 3.63) is 54.1 Å². The number of hydrogen-bond acceptors (Lipinski definition) is 1. The van der Waals surface area contributed by atoms with Crippen molar-refractivity contribution in [3.63, 3.8) is 0 Å². The highest BCUT2D eigenvalue weighted by Crippen LogP contribution is 2.31. The van der Waals surface area contributed by atoms with Gasteiger partial charge in [0.15, 0.2) is 0 Å². The van der Waals surface area contributed by atoms with Gasteiger partial charge in [0.25, 0.3) is 0 Å². The molecule has 0 aromatic heterocycles. The van der Waals surface area contributed by atoms with Gasteiger partial charge in [-0.05, 0) is 24.1 Å². The van der Waals surface area contributed by atoms with Gasteiger partial charge < -0.3 is 4.74 Å². The van der Waals surface area contributed by atoms with Crippen LogP contribution in [0.1, 0.15) is 19.4 Å². The summed E-state index contributed by atoms with van der Waals surface area (Å²) in [5.41, 5.74) is 3.65. The Labute approximate surface area is 104 Å².